The maximum Gasteiger partial charge on any atom is 0.220 e. The molecule has 0 saturated carbocycles. The van der Waals surface area contributed by atoms with Gasteiger partial charge in [0.1, 0.15) is 0 Å². The lowest BCUT2D eigenvalue weighted by atomic mass is 10.1. The molecule has 0 aromatic heterocycles. The van der Waals surface area contributed by atoms with Crippen molar-refractivity contribution >= 4 is 5.91 Å². The normalized spacial score (nSPS) is 13.8. The van der Waals surface area contributed by atoms with Gasteiger partial charge < -0.3 is 15.8 Å². The number of hydrogen-bond acceptors (Lipinski definition) is 3. The number of carbonyl (C=O) groups is 1. The highest BCUT2D eigenvalue weighted by molar-refractivity contribution is 5.76. The second kappa shape index (κ2) is 5.98. The van der Waals surface area contributed by atoms with Crippen molar-refractivity contribution in [2.45, 2.75) is 45.3 Å². The first kappa shape index (κ1) is 13.4. The average molecular weight is 202 g/mol. The molecule has 1 atom stereocenters. The standard InChI is InChI=1S/C10H22N2O2/c1-8(14-4)5-6-9(13)12-10(2,3)7-11/h8H,5-7,11H2,1-4H3,(H,12,13). The summed E-state index contributed by atoms with van der Waals surface area (Å²) in [6.07, 6.45) is 1.35. The van der Waals surface area contributed by atoms with Crippen LogP contribution in [0.4, 0.5) is 0 Å². The number of carbonyl (C=O) groups excluding carboxylic acids is 1. The van der Waals surface area contributed by atoms with E-state index >= 15 is 0 Å². The van der Waals surface area contributed by atoms with E-state index in [4.69, 9.17) is 10.5 Å². The number of nitrogens with two attached hydrogens (primary N) is 1. The Bertz CT molecular complexity index is 181. The zero-order valence-electron chi connectivity index (χ0n) is 9.59. The Kier molecular flexibility index (Phi) is 5.72. The summed E-state index contributed by atoms with van der Waals surface area (Å²) in [7, 11) is 1.65. The Labute approximate surface area is 86.2 Å². The van der Waals surface area contributed by atoms with Gasteiger partial charge in [0.05, 0.1) is 6.10 Å². The van der Waals surface area contributed by atoms with Crippen LogP contribution in [0, 0.1) is 0 Å². The van der Waals surface area contributed by atoms with Gasteiger partial charge in [-0.05, 0) is 27.2 Å². The zero-order chi connectivity index (χ0) is 11.2. The summed E-state index contributed by atoms with van der Waals surface area (Å²) in [6, 6.07) is 0. The lowest BCUT2D eigenvalue weighted by Crippen LogP contribution is -2.48. The second-order valence-corrected chi connectivity index (χ2v) is 4.22. The van der Waals surface area contributed by atoms with Gasteiger partial charge >= 0.3 is 0 Å². The molecule has 0 spiro atoms. The zero-order valence-corrected chi connectivity index (χ0v) is 9.59. The van der Waals surface area contributed by atoms with Crippen LogP contribution in [-0.2, 0) is 9.53 Å². The van der Waals surface area contributed by atoms with Gasteiger partial charge in [0.25, 0.3) is 0 Å². The Morgan fingerprint density at radius 2 is 2.14 bits per heavy atom. The molecule has 4 nitrogen and oxygen atoms in total. The van der Waals surface area contributed by atoms with E-state index in [0.717, 1.165) is 6.42 Å². The molecule has 84 valence electrons. The predicted molar refractivity (Wildman–Crippen MR) is 57.0 cm³/mol. The summed E-state index contributed by atoms with van der Waals surface area (Å²) in [4.78, 5) is 11.4. The topological polar surface area (TPSA) is 64.3 Å². The predicted octanol–water partition coefficient (Wildman–Crippen LogP) is 0.655. The lowest BCUT2D eigenvalue weighted by molar-refractivity contribution is -0.123. The molecule has 0 heterocycles. The fourth-order valence-electron chi connectivity index (χ4n) is 0.943. The first-order valence-electron chi connectivity index (χ1n) is 4.95. The summed E-state index contributed by atoms with van der Waals surface area (Å²) >= 11 is 0. The van der Waals surface area contributed by atoms with Crippen LogP contribution in [0.3, 0.4) is 0 Å². The number of methoxy groups -OCH3 is 1. The van der Waals surface area contributed by atoms with Gasteiger partial charge in [0.2, 0.25) is 5.91 Å². The summed E-state index contributed by atoms with van der Waals surface area (Å²) < 4.78 is 5.05. The summed E-state index contributed by atoms with van der Waals surface area (Å²) in [5.74, 6) is 0.0318. The molecule has 1 amide bonds. The smallest absolute Gasteiger partial charge is 0.220 e. The van der Waals surface area contributed by atoms with Crippen molar-refractivity contribution in [3.8, 4) is 0 Å². The molecule has 0 saturated heterocycles. The molecule has 0 fully saturated rings. The minimum absolute atomic E-state index is 0.0318. The third-order valence-electron chi connectivity index (χ3n) is 2.17. The molecule has 14 heavy (non-hydrogen) atoms. The van der Waals surface area contributed by atoms with Crippen LogP contribution in [0.5, 0.6) is 0 Å². The molecule has 0 aromatic rings. The molecule has 0 aliphatic rings. The van der Waals surface area contributed by atoms with E-state index in [1.807, 2.05) is 20.8 Å². The molecular formula is C10H22N2O2. The van der Waals surface area contributed by atoms with E-state index in [0.29, 0.717) is 13.0 Å². The van der Waals surface area contributed by atoms with E-state index in [1.54, 1.807) is 7.11 Å². The van der Waals surface area contributed by atoms with Crippen LogP contribution >= 0.6 is 0 Å². The van der Waals surface area contributed by atoms with E-state index in [9.17, 15) is 4.79 Å². The highest BCUT2D eigenvalue weighted by atomic mass is 16.5. The van der Waals surface area contributed by atoms with Crippen molar-refractivity contribution in [2.24, 2.45) is 5.73 Å². The van der Waals surface area contributed by atoms with Gasteiger partial charge in [-0.3, -0.25) is 4.79 Å². The average Bonchev–Trinajstić information content (AvgIpc) is 2.13. The van der Waals surface area contributed by atoms with E-state index in [2.05, 4.69) is 5.32 Å². The molecule has 0 radical (unpaired) electrons. The monoisotopic (exact) mass is 202 g/mol. The minimum Gasteiger partial charge on any atom is -0.382 e. The molecule has 4 heteroatoms. The van der Waals surface area contributed by atoms with E-state index < -0.39 is 0 Å². The van der Waals surface area contributed by atoms with Crippen molar-refractivity contribution < 1.29 is 9.53 Å². The number of hydrogen-bond donors (Lipinski definition) is 2. The fraction of sp³-hybridized carbons (Fsp3) is 0.900. The molecule has 0 aliphatic carbocycles. The van der Waals surface area contributed by atoms with Crippen molar-refractivity contribution in [1.29, 1.82) is 0 Å². The summed E-state index contributed by atoms with van der Waals surface area (Å²) in [6.45, 7) is 6.20. The first-order chi connectivity index (χ1) is 6.41. The molecule has 0 aliphatic heterocycles. The van der Waals surface area contributed by atoms with Crippen LogP contribution < -0.4 is 11.1 Å². The Hall–Kier alpha value is -0.610. The number of ether oxygens (including phenoxy) is 1. The van der Waals surface area contributed by atoms with Crippen LogP contribution in [0.15, 0.2) is 0 Å². The van der Waals surface area contributed by atoms with E-state index in [1.165, 1.54) is 0 Å². The van der Waals surface area contributed by atoms with Gasteiger partial charge in [-0.15, -0.1) is 0 Å². The molecule has 0 rings (SSSR count). The van der Waals surface area contributed by atoms with Crippen LogP contribution in [0.2, 0.25) is 0 Å². The maximum atomic E-state index is 11.4. The summed E-state index contributed by atoms with van der Waals surface area (Å²) in [5, 5.41) is 2.87. The quantitative estimate of drug-likeness (QED) is 0.665. The fourth-order valence-corrected chi connectivity index (χ4v) is 0.943. The van der Waals surface area contributed by atoms with Gasteiger partial charge in [0.15, 0.2) is 0 Å². The van der Waals surface area contributed by atoms with Crippen molar-refractivity contribution in [2.75, 3.05) is 13.7 Å². The minimum atomic E-state index is -0.312. The van der Waals surface area contributed by atoms with Gasteiger partial charge in [-0.1, -0.05) is 0 Å². The van der Waals surface area contributed by atoms with Gasteiger partial charge in [0, 0.05) is 25.6 Å². The third kappa shape index (κ3) is 5.94. The highest BCUT2D eigenvalue weighted by Crippen LogP contribution is 2.03. The van der Waals surface area contributed by atoms with E-state index in [-0.39, 0.29) is 17.6 Å². The van der Waals surface area contributed by atoms with Crippen molar-refractivity contribution in [1.82, 2.24) is 5.32 Å². The highest BCUT2D eigenvalue weighted by Gasteiger charge is 2.18. The Morgan fingerprint density at radius 3 is 2.57 bits per heavy atom. The summed E-state index contributed by atoms with van der Waals surface area (Å²) in [5.41, 5.74) is 5.19. The first-order valence-corrected chi connectivity index (χ1v) is 4.95. The van der Waals surface area contributed by atoms with Crippen LogP contribution in [0.25, 0.3) is 0 Å². The van der Waals surface area contributed by atoms with Crippen molar-refractivity contribution in [3.05, 3.63) is 0 Å². The third-order valence-corrected chi connectivity index (χ3v) is 2.17. The Balaban J connectivity index is 3.76. The van der Waals surface area contributed by atoms with Crippen LogP contribution in [-0.4, -0.2) is 31.2 Å². The largest absolute Gasteiger partial charge is 0.382 e. The number of nitrogens with one attached hydrogen (secondary N) is 1. The number of amides is 1. The van der Waals surface area contributed by atoms with Crippen molar-refractivity contribution in [3.63, 3.8) is 0 Å². The molecule has 0 bridgehead atoms. The second-order valence-electron chi connectivity index (χ2n) is 4.22. The number of rotatable bonds is 6. The molecular weight excluding hydrogens is 180 g/mol. The molecule has 3 N–H and O–H groups in total. The molecule has 0 aromatic carbocycles. The van der Waals surface area contributed by atoms with Gasteiger partial charge in [-0.2, -0.15) is 0 Å². The molecule has 1 unspecified atom stereocenters. The van der Waals surface area contributed by atoms with Gasteiger partial charge in [-0.25, -0.2) is 0 Å². The maximum absolute atomic E-state index is 11.4. The Morgan fingerprint density at radius 1 is 1.57 bits per heavy atom. The lowest BCUT2D eigenvalue weighted by Gasteiger charge is -2.24. The SMILES string of the molecule is COC(C)CCC(=O)NC(C)(C)CN. The van der Waals surface area contributed by atoms with Crippen LogP contribution in [0.1, 0.15) is 33.6 Å².